The number of rotatable bonds is 8. The van der Waals surface area contributed by atoms with Crippen LogP contribution in [0, 0.1) is 5.82 Å². The van der Waals surface area contributed by atoms with Crippen LogP contribution in [-0.2, 0) is 25.4 Å². The molecule has 7 heteroatoms. The summed E-state index contributed by atoms with van der Waals surface area (Å²) in [7, 11) is -0.509. The maximum Gasteiger partial charge on any atom is 0.495 e. The second-order valence-corrected chi connectivity index (χ2v) is 7.96. The lowest BCUT2D eigenvalue weighted by atomic mass is 9.76. The highest BCUT2D eigenvalue weighted by Crippen LogP contribution is 2.37. The highest BCUT2D eigenvalue weighted by molar-refractivity contribution is 6.62. The van der Waals surface area contributed by atoms with Gasteiger partial charge in [-0.05, 0) is 82.0 Å². The van der Waals surface area contributed by atoms with E-state index in [2.05, 4.69) is 0 Å². The van der Waals surface area contributed by atoms with Gasteiger partial charge in [0.25, 0.3) is 0 Å². The average molecular weight is 402 g/mol. The lowest BCUT2D eigenvalue weighted by Crippen LogP contribution is -2.41. The molecule has 0 N–H and O–H groups in total. The zero-order chi connectivity index (χ0) is 21.1. The van der Waals surface area contributed by atoms with Crippen LogP contribution in [0.2, 0.25) is 0 Å². The molecule has 0 saturated carbocycles. The van der Waals surface area contributed by atoms with E-state index in [1.807, 2.05) is 52.8 Å². The molecule has 0 radical (unpaired) electrons. The fraction of sp³-hybridized carbons (Fsp3) is 0.455. The third-order valence-electron chi connectivity index (χ3n) is 5.30. The minimum atomic E-state index is -0.509. The molecule has 1 aliphatic heterocycles. The van der Waals surface area contributed by atoms with Crippen molar-refractivity contribution in [1.29, 1.82) is 0 Å². The van der Waals surface area contributed by atoms with E-state index in [1.165, 1.54) is 12.1 Å². The maximum atomic E-state index is 13.1. The second kappa shape index (κ2) is 8.84. The molecule has 1 fully saturated rings. The van der Waals surface area contributed by atoms with Gasteiger partial charge in [0, 0.05) is 6.61 Å². The lowest BCUT2D eigenvalue weighted by Gasteiger charge is -2.32. The standard InChI is InChI=1S/C22H28BFO5/c1-6-25-15-26-14-16-13-19(27-18-9-7-17(24)8-10-18)11-12-20(16)23-28-21(2,3)22(4,5)29-23/h7-13H,6,14-15H2,1-5H3. The van der Waals surface area contributed by atoms with Gasteiger partial charge in [0.05, 0.1) is 17.8 Å². The van der Waals surface area contributed by atoms with E-state index < -0.39 is 18.3 Å². The van der Waals surface area contributed by atoms with Gasteiger partial charge in [-0.15, -0.1) is 0 Å². The van der Waals surface area contributed by atoms with Crippen molar-refractivity contribution >= 4 is 12.6 Å². The molecule has 0 aromatic heterocycles. The number of hydrogen-bond acceptors (Lipinski definition) is 5. The molecular weight excluding hydrogens is 374 g/mol. The van der Waals surface area contributed by atoms with E-state index in [4.69, 9.17) is 23.5 Å². The van der Waals surface area contributed by atoms with Crippen LogP contribution in [-0.4, -0.2) is 31.7 Å². The van der Waals surface area contributed by atoms with Gasteiger partial charge in [-0.2, -0.15) is 0 Å². The van der Waals surface area contributed by atoms with Crippen LogP contribution in [0.4, 0.5) is 4.39 Å². The lowest BCUT2D eigenvalue weighted by molar-refractivity contribution is -0.0570. The number of hydrogen-bond donors (Lipinski definition) is 0. The fourth-order valence-electron chi connectivity index (χ4n) is 2.90. The molecule has 0 bridgehead atoms. The summed E-state index contributed by atoms with van der Waals surface area (Å²) in [6.07, 6.45) is 0. The molecule has 0 spiro atoms. The van der Waals surface area contributed by atoms with Crippen LogP contribution in [0.25, 0.3) is 0 Å². The van der Waals surface area contributed by atoms with E-state index in [0.29, 0.717) is 24.7 Å². The van der Waals surface area contributed by atoms with Gasteiger partial charge in [0.15, 0.2) is 0 Å². The van der Waals surface area contributed by atoms with Gasteiger partial charge in [-0.1, -0.05) is 6.07 Å². The SMILES string of the molecule is CCOCOCc1cc(Oc2ccc(F)cc2)ccc1B1OC(C)(C)C(C)(C)O1. The highest BCUT2D eigenvalue weighted by atomic mass is 19.1. The molecule has 156 valence electrons. The summed E-state index contributed by atoms with van der Waals surface area (Å²) in [6, 6.07) is 11.5. The molecule has 1 heterocycles. The Kier molecular flexibility index (Phi) is 6.63. The molecular formula is C22H28BFO5. The van der Waals surface area contributed by atoms with Crippen molar-refractivity contribution in [3.63, 3.8) is 0 Å². The number of halogens is 1. The first-order valence-electron chi connectivity index (χ1n) is 9.79. The predicted octanol–water partition coefficient (Wildman–Crippen LogP) is 4.43. The molecule has 2 aromatic rings. The summed E-state index contributed by atoms with van der Waals surface area (Å²) in [4.78, 5) is 0. The Labute approximate surface area is 172 Å². The van der Waals surface area contributed by atoms with Crippen molar-refractivity contribution in [2.24, 2.45) is 0 Å². The first-order chi connectivity index (χ1) is 13.7. The van der Waals surface area contributed by atoms with E-state index >= 15 is 0 Å². The predicted molar refractivity (Wildman–Crippen MR) is 110 cm³/mol. The zero-order valence-corrected chi connectivity index (χ0v) is 17.7. The van der Waals surface area contributed by atoms with Crippen LogP contribution in [0.1, 0.15) is 40.2 Å². The van der Waals surface area contributed by atoms with Crippen molar-refractivity contribution in [2.45, 2.75) is 52.4 Å². The van der Waals surface area contributed by atoms with E-state index in [0.717, 1.165) is 11.0 Å². The quantitative estimate of drug-likeness (QED) is 0.372. The van der Waals surface area contributed by atoms with Gasteiger partial charge >= 0.3 is 7.12 Å². The first-order valence-corrected chi connectivity index (χ1v) is 9.79. The van der Waals surface area contributed by atoms with Crippen molar-refractivity contribution in [3.8, 4) is 11.5 Å². The van der Waals surface area contributed by atoms with Crippen LogP contribution in [0.3, 0.4) is 0 Å². The molecule has 0 unspecified atom stereocenters. The molecule has 1 saturated heterocycles. The van der Waals surface area contributed by atoms with Crippen LogP contribution in [0.15, 0.2) is 42.5 Å². The minimum absolute atomic E-state index is 0.197. The Bertz CT molecular complexity index is 806. The molecule has 0 atom stereocenters. The topological polar surface area (TPSA) is 46.2 Å². The van der Waals surface area contributed by atoms with Gasteiger partial charge in [-0.25, -0.2) is 4.39 Å². The summed E-state index contributed by atoms with van der Waals surface area (Å²) >= 11 is 0. The molecule has 2 aromatic carbocycles. The Morgan fingerprint density at radius 2 is 1.52 bits per heavy atom. The van der Waals surface area contributed by atoms with Crippen molar-refractivity contribution in [3.05, 3.63) is 53.8 Å². The molecule has 0 amide bonds. The Morgan fingerprint density at radius 1 is 0.897 bits per heavy atom. The van der Waals surface area contributed by atoms with Crippen molar-refractivity contribution < 1.29 is 27.9 Å². The van der Waals surface area contributed by atoms with E-state index in [1.54, 1.807) is 12.1 Å². The summed E-state index contributed by atoms with van der Waals surface area (Å²) in [5, 5.41) is 0. The van der Waals surface area contributed by atoms with Crippen LogP contribution in [0.5, 0.6) is 11.5 Å². The minimum Gasteiger partial charge on any atom is -0.457 e. The summed E-state index contributed by atoms with van der Waals surface area (Å²) in [5.41, 5.74) is 0.879. The van der Waals surface area contributed by atoms with E-state index in [-0.39, 0.29) is 12.6 Å². The highest BCUT2D eigenvalue weighted by Gasteiger charge is 2.52. The summed E-state index contributed by atoms with van der Waals surface area (Å²) in [5.74, 6) is 0.862. The maximum absolute atomic E-state index is 13.1. The van der Waals surface area contributed by atoms with E-state index in [9.17, 15) is 4.39 Å². The van der Waals surface area contributed by atoms with Gasteiger partial charge < -0.3 is 23.5 Å². The number of benzene rings is 2. The summed E-state index contributed by atoms with van der Waals surface area (Å²) in [6.45, 7) is 11.1. The first kappa shape index (κ1) is 21.8. The van der Waals surface area contributed by atoms with Crippen molar-refractivity contribution in [2.75, 3.05) is 13.4 Å². The zero-order valence-electron chi connectivity index (χ0n) is 17.7. The van der Waals surface area contributed by atoms with Crippen LogP contribution >= 0.6 is 0 Å². The normalized spacial score (nSPS) is 17.5. The Hall–Kier alpha value is -1.93. The smallest absolute Gasteiger partial charge is 0.457 e. The monoisotopic (exact) mass is 402 g/mol. The van der Waals surface area contributed by atoms with Gasteiger partial charge in [0.1, 0.15) is 24.1 Å². The Morgan fingerprint density at radius 3 is 2.14 bits per heavy atom. The largest absolute Gasteiger partial charge is 0.495 e. The molecule has 5 nitrogen and oxygen atoms in total. The molecule has 29 heavy (non-hydrogen) atoms. The molecule has 0 aliphatic carbocycles. The fourth-order valence-corrected chi connectivity index (χ4v) is 2.90. The van der Waals surface area contributed by atoms with Crippen molar-refractivity contribution in [1.82, 2.24) is 0 Å². The average Bonchev–Trinajstić information content (AvgIpc) is 2.88. The third-order valence-corrected chi connectivity index (χ3v) is 5.30. The molecule has 3 rings (SSSR count). The Balaban J connectivity index is 1.84. The summed E-state index contributed by atoms with van der Waals surface area (Å²) < 4.78 is 42.3. The molecule has 1 aliphatic rings. The number of ether oxygens (including phenoxy) is 3. The second-order valence-electron chi connectivity index (χ2n) is 7.96. The third kappa shape index (κ3) is 5.17. The van der Waals surface area contributed by atoms with Crippen LogP contribution < -0.4 is 10.2 Å². The van der Waals surface area contributed by atoms with Gasteiger partial charge in [-0.3, -0.25) is 0 Å². The van der Waals surface area contributed by atoms with Gasteiger partial charge in [0.2, 0.25) is 0 Å².